The van der Waals surface area contributed by atoms with Crippen LogP contribution in [-0.2, 0) is 6.18 Å². The van der Waals surface area contributed by atoms with E-state index in [9.17, 15) is 18.3 Å². The van der Waals surface area contributed by atoms with E-state index in [-0.39, 0.29) is 18.3 Å². The number of aliphatic hydroxyl groups is 1. The fraction of sp³-hybridized carbons (Fsp3) is 0.692. The molecule has 0 saturated carbocycles. The molecule has 1 atom stereocenters. The molecule has 0 aliphatic carbocycles. The SMILES string of the molecule is CCNc1nc(NCC(O)CC(C)C)cc(C(F)(F)F)n1. The van der Waals surface area contributed by atoms with E-state index >= 15 is 0 Å². The molecule has 21 heavy (non-hydrogen) atoms. The number of halogens is 3. The van der Waals surface area contributed by atoms with Gasteiger partial charge in [0.25, 0.3) is 0 Å². The van der Waals surface area contributed by atoms with Crippen LogP contribution < -0.4 is 10.6 Å². The first kappa shape index (κ1) is 17.5. The van der Waals surface area contributed by atoms with Gasteiger partial charge in [-0.25, -0.2) is 4.98 Å². The molecule has 0 bridgehead atoms. The topological polar surface area (TPSA) is 70.1 Å². The molecule has 0 amide bonds. The van der Waals surface area contributed by atoms with Gasteiger partial charge in [0.05, 0.1) is 6.10 Å². The van der Waals surface area contributed by atoms with Crippen LogP contribution in [0.1, 0.15) is 32.9 Å². The molecule has 0 saturated heterocycles. The predicted molar refractivity (Wildman–Crippen MR) is 75.1 cm³/mol. The summed E-state index contributed by atoms with van der Waals surface area (Å²) in [4.78, 5) is 7.36. The van der Waals surface area contributed by atoms with Gasteiger partial charge in [0.15, 0.2) is 5.69 Å². The van der Waals surface area contributed by atoms with Gasteiger partial charge in [-0.2, -0.15) is 18.2 Å². The van der Waals surface area contributed by atoms with Gasteiger partial charge in [-0.3, -0.25) is 0 Å². The lowest BCUT2D eigenvalue weighted by Crippen LogP contribution is -2.22. The zero-order chi connectivity index (χ0) is 16.0. The molecule has 1 aromatic rings. The van der Waals surface area contributed by atoms with Gasteiger partial charge in [-0.05, 0) is 19.3 Å². The van der Waals surface area contributed by atoms with E-state index in [2.05, 4.69) is 20.6 Å². The van der Waals surface area contributed by atoms with Gasteiger partial charge in [0.2, 0.25) is 5.95 Å². The summed E-state index contributed by atoms with van der Waals surface area (Å²) >= 11 is 0. The molecule has 0 aromatic carbocycles. The molecule has 0 aliphatic rings. The zero-order valence-corrected chi connectivity index (χ0v) is 12.3. The Bertz CT molecular complexity index is 452. The lowest BCUT2D eigenvalue weighted by atomic mass is 10.1. The van der Waals surface area contributed by atoms with Crippen LogP contribution in [0.2, 0.25) is 0 Å². The van der Waals surface area contributed by atoms with Gasteiger partial charge in [0.1, 0.15) is 5.82 Å². The normalized spacial score (nSPS) is 13.3. The molecular weight excluding hydrogens is 285 g/mol. The van der Waals surface area contributed by atoms with Crippen LogP contribution in [0.25, 0.3) is 0 Å². The summed E-state index contributed by atoms with van der Waals surface area (Å²) < 4.78 is 38.3. The Morgan fingerprint density at radius 2 is 1.90 bits per heavy atom. The van der Waals surface area contributed by atoms with E-state index in [1.165, 1.54) is 0 Å². The number of anilines is 2. The van der Waals surface area contributed by atoms with Crippen LogP contribution in [0, 0.1) is 5.92 Å². The minimum atomic E-state index is -4.54. The Balaban J connectivity index is 2.83. The average Bonchev–Trinajstić information content (AvgIpc) is 2.35. The summed E-state index contributed by atoms with van der Waals surface area (Å²) in [6.45, 7) is 6.20. The number of aromatic nitrogens is 2. The lowest BCUT2D eigenvalue weighted by Gasteiger charge is -2.16. The molecule has 1 heterocycles. The molecular formula is C13H21F3N4O. The largest absolute Gasteiger partial charge is 0.433 e. The maximum atomic E-state index is 12.8. The highest BCUT2D eigenvalue weighted by Gasteiger charge is 2.33. The Morgan fingerprint density at radius 1 is 1.24 bits per heavy atom. The number of rotatable bonds is 7. The van der Waals surface area contributed by atoms with Crippen molar-refractivity contribution in [1.29, 1.82) is 0 Å². The van der Waals surface area contributed by atoms with Crippen molar-refractivity contribution in [2.45, 2.75) is 39.5 Å². The first-order chi connectivity index (χ1) is 9.72. The molecule has 0 spiro atoms. The molecule has 1 unspecified atom stereocenters. The number of hydrogen-bond donors (Lipinski definition) is 3. The van der Waals surface area contributed by atoms with Crippen LogP contribution in [-0.4, -0.2) is 34.3 Å². The number of nitrogens with zero attached hydrogens (tertiary/aromatic N) is 2. The number of nitrogens with one attached hydrogen (secondary N) is 2. The van der Waals surface area contributed by atoms with E-state index in [0.29, 0.717) is 18.9 Å². The summed E-state index contributed by atoms with van der Waals surface area (Å²) in [5.41, 5.74) is -1.02. The summed E-state index contributed by atoms with van der Waals surface area (Å²) in [7, 11) is 0. The molecule has 1 rings (SSSR count). The Kier molecular flexibility index (Phi) is 6.19. The third-order valence-corrected chi connectivity index (χ3v) is 2.61. The minimum Gasteiger partial charge on any atom is -0.391 e. The molecule has 5 nitrogen and oxygen atoms in total. The minimum absolute atomic E-state index is 0.0380. The van der Waals surface area contributed by atoms with E-state index < -0.39 is 18.0 Å². The summed E-state index contributed by atoms with van der Waals surface area (Å²) in [5, 5.41) is 15.1. The summed E-state index contributed by atoms with van der Waals surface area (Å²) in [6, 6.07) is 0.836. The predicted octanol–water partition coefficient (Wildman–Crippen LogP) is 2.75. The average molecular weight is 306 g/mol. The third kappa shape index (κ3) is 6.16. The zero-order valence-electron chi connectivity index (χ0n) is 12.3. The van der Waals surface area contributed by atoms with Gasteiger partial charge in [-0.15, -0.1) is 0 Å². The fourth-order valence-electron chi connectivity index (χ4n) is 1.77. The highest BCUT2D eigenvalue weighted by Crippen LogP contribution is 2.29. The highest BCUT2D eigenvalue weighted by atomic mass is 19.4. The number of aliphatic hydroxyl groups excluding tert-OH is 1. The van der Waals surface area contributed by atoms with Gasteiger partial charge < -0.3 is 15.7 Å². The maximum absolute atomic E-state index is 12.8. The molecule has 8 heteroatoms. The van der Waals surface area contributed by atoms with Crippen molar-refractivity contribution in [2.24, 2.45) is 5.92 Å². The van der Waals surface area contributed by atoms with E-state index in [1.54, 1.807) is 6.92 Å². The quantitative estimate of drug-likeness (QED) is 0.722. The van der Waals surface area contributed by atoms with Gasteiger partial charge in [-0.1, -0.05) is 13.8 Å². The van der Waals surface area contributed by atoms with Crippen molar-refractivity contribution in [3.05, 3.63) is 11.8 Å². The summed E-state index contributed by atoms with van der Waals surface area (Å²) in [6.07, 6.45) is -4.62. The van der Waals surface area contributed by atoms with Crippen LogP contribution in [0.15, 0.2) is 6.07 Å². The van der Waals surface area contributed by atoms with Crippen molar-refractivity contribution in [1.82, 2.24) is 9.97 Å². The van der Waals surface area contributed by atoms with Gasteiger partial charge in [0, 0.05) is 19.2 Å². The van der Waals surface area contributed by atoms with Crippen molar-refractivity contribution < 1.29 is 18.3 Å². The second-order valence-corrected chi connectivity index (χ2v) is 5.15. The van der Waals surface area contributed by atoms with Crippen molar-refractivity contribution in [3.63, 3.8) is 0 Å². The second-order valence-electron chi connectivity index (χ2n) is 5.15. The monoisotopic (exact) mass is 306 g/mol. The first-order valence-electron chi connectivity index (χ1n) is 6.84. The number of hydrogen-bond acceptors (Lipinski definition) is 5. The molecule has 0 aliphatic heterocycles. The maximum Gasteiger partial charge on any atom is 0.433 e. The first-order valence-corrected chi connectivity index (χ1v) is 6.84. The van der Waals surface area contributed by atoms with E-state index in [1.807, 2.05) is 13.8 Å². The van der Waals surface area contributed by atoms with E-state index in [0.717, 1.165) is 6.07 Å². The van der Waals surface area contributed by atoms with Crippen LogP contribution >= 0.6 is 0 Å². The standard InChI is InChI=1S/C13H21F3N4O/c1-4-17-12-19-10(13(14,15)16)6-11(20-12)18-7-9(21)5-8(2)3/h6,8-9,21H,4-5,7H2,1-3H3,(H2,17,18,19,20). The molecule has 120 valence electrons. The molecule has 0 radical (unpaired) electrons. The van der Waals surface area contributed by atoms with Crippen LogP contribution in [0.4, 0.5) is 24.9 Å². The van der Waals surface area contributed by atoms with Crippen LogP contribution in [0.5, 0.6) is 0 Å². The van der Waals surface area contributed by atoms with Crippen molar-refractivity contribution in [3.8, 4) is 0 Å². The van der Waals surface area contributed by atoms with E-state index in [4.69, 9.17) is 0 Å². The van der Waals surface area contributed by atoms with Crippen molar-refractivity contribution in [2.75, 3.05) is 23.7 Å². The fourth-order valence-corrected chi connectivity index (χ4v) is 1.77. The lowest BCUT2D eigenvalue weighted by molar-refractivity contribution is -0.141. The highest BCUT2D eigenvalue weighted by molar-refractivity contribution is 5.43. The van der Waals surface area contributed by atoms with Crippen molar-refractivity contribution >= 4 is 11.8 Å². The summed E-state index contributed by atoms with van der Waals surface area (Å²) in [5.74, 6) is 0.250. The Labute approximate surface area is 122 Å². The molecule has 1 aromatic heterocycles. The smallest absolute Gasteiger partial charge is 0.391 e. The Hall–Kier alpha value is -1.57. The number of alkyl halides is 3. The Morgan fingerprint density at radius 3 is 2.43 bits per heavy atom. The van der Waals surface area contributed by atoms with Crippen LogP contribution in [0.3, 0.4) is 0 Å². The van der Waals surface area contributed by atoms with Gasteiger partial charge >= 0.3 is 6.18 Å². The second kappa shape index (κ2) is 7.44. The molecule has 3 N–H and O–H groups in total. The molecule has 0 fully saturated rings. The third-order valence-electron chi connectivity index (χ3n) is 2.61.